The highest BCUT2D eigenvalue weighted by Crippen LogP contribution is 2.20. The molecular weight excluding hydrogens is 260 g/mol. The fraction of sp³-hybridized carbons (Fsp3) is 0.900. The van der Waals surface area contributed by atoms with Crippen LogP contribution in [0.3, 0.4) is 0 Å². The van der Waals surface area contributed by atoms with Crippen molar-refractivity contribution >= 4 is 15.9 Å². The van der Waals surface area contributed by atoms with Crippen molar-refractivity contribution in [1.82, 2.24) is 9.62 Å². The molecule has 1 saturated heterocycles. The standard InChI is InChI=1S/C10H20N2O5S/c1-18(16,17)12-5-3-2-4-9(12)10(15)11-8(6-13)7-14/h8-9,13-14H,2-7H2,1H3,(H,11,15). The number of carbonyl (C=O) groups is 1. The minimum Gasteiger partial charge on any atom is -0.394 e. The van der Waals surface area contributed by atoms with Gasteiger partial charge in [0.2, 0.25) is 15.9 Å². The molecule has 1 heterocycles. The number of sulfonamides is 1. The summed E-state index contributed by atoms with van der Waals surface area (Å²) in [6, 6.07) is -1.49. The summed E-state index contributed by atoms with van der Waals surface area (Å²) in [5.41, 5.74) is 0. The Hall–Kier alpha value is -0.700. The smallest absolute Gasteiger partial charge is 0.238 e. The maximum absolute atomic E-state index is 11.9. The lowest BCUT2D eigenvalue weighted by Crippen LogP contribution is -2.54. The molecule has 0 bridgehead atoms. The Balaban J connectivity index is 2.75. The molecular formula is C10H20N2O5S. The van der Waals surface area contributed by atoms with Gasteiger partial charge in [0, 0.05) is 6.54 Å². The van der Waals surface area contributed by atoms with Crippen LogP contribution in [-0.2, 0) is 14.8 Å². The lowest BCUT2D eigenvalue weighted by Gasteiger charge is -2.33. The van der Waals surface area contributed by atoms with E-state index in [0.29, 0.717) is 13.0 Å². The van der Waals surface area contributed by atoms with Gasteiger partial charge in [-0.3, -0.25) is 4.79 Å². The average molecular weight is 280 g/mol. The SMILES string of the molecule is CS(=O)(=O)N1CCCCC1C(=O)NC(CO)CO. The van der Waals surface area contributed by atoms with Crippen LogP contribution < -0.4 is 5.32 Å². The molecule has 1 unspecified atom stereocenters. The summed E-state index contributed by atoms with van der Waals surface area (Å²) in [5.74, 6) is -0.465. The van der Waals surface area contributed by atoms with E-state index in [1.165, 1.54) is 4.31 Å². The van der Waals surface area contributed by atoms with Crippen LogP contribution in [0.4, 0.5) is 0 Å². The maximum Gasteiger partial charge on any atom is 0.238 e. The van der Waals surface area contributed by atoms with Crippen LogP contribution in [-0.4, -0.2) is 66.9 Å². The Morgan fingerprint density at radius 1 is 1.39 bits per heavy atom. The summed E-state index contributed by atoms with van der Waals surface area (Å²) in [7, 11) is -3.42. The average Bonchev–Trinajstić information content (AvgIpc) is 2.34. The van der Waals surface area contributed by atoms with Crippen LogP contribution in [0, 0.1) is 0 Å². The summed E-state index contributed by atoms with van der Waals surface area (Å²) < 4.78 is 24.3. The van der Waals surface area contributed by atoms with Gasteiger partial charge in [-0.15, -0.1) is 0 Å². The molecule has 7 nitrogen and oxygen atoms in total. The van der Waals surface area contributed by atoms with Crippen LogP contribution in [0.2, 0.25) is 0 Å². The van der Waals surface area contributed by atoms with Crippen molar-refractivity contribution in [2.75, 3.05) is 26.0 Å². The number of nitrogens with one attached hydrogen (secondary N) is 1. The monoisotopic (exact) mass is 280 g/mol. The van der Waals surface area contributed by atoms with Gasteiger partial charge in [-0.2, -0.15) is 4.31 Å². The Labute approximate surface area is 107 Å². The molecule has 0 aromatic carbocycles. The van der Waals surface area contributed by atoms with E-state index in [1.54, 1.807) is 0 Å². The van der Waals surface area contributed by atoms with Gasteiger partial charge in [-0.05, 0) is 12.8 Å². The first-order valence-electron chi connectivity index (χ1n) is 5.89. The van der Waals surface area contributed by atoms with Crippen molar-refractivity contribution in [2.45, 2.75) is 31.3 Å². The third-order valence-corrected chi connectivity index (χ3v) is 4.26. The second-order valence-electron chi connectivity index (χ2n) is 4.46. The van der Waals surface area contributed by atoms with E-state index in [4.69, 9.17) is 10.2 Å². The maximum atomic E-state index is 11.9. The lowest BCUT2D eigenvalue weighted by molar-refractivity contribution is -0.127. The number of hydrogen-bond donors (Lipinski definition) is 3. The molecule has 0 aromatic rings. The minimum atomic E-state index is -3.42. The van der Waals surface area contributed by atoms with Crippen LogP contribution in [0.25, 0.3) is 0 Å². The number of hydrogen-bond acceptors (Lipinski definition) is 5. The van der Waals surface area contributed by atoms with Gasteiger partial charge in [-0.1, -0.05) is 6.42 Å². The molecule has 1 atom stereocenters. The molecule has 18 heavy (non-hydrogen) atoms. The highest BCUT2D eigenvalue weighted by Gasteiger charge is 2.34. The van der Waals surface area contributed by atoms with Crippen LogP contribution in [0.1, 0.15) is 19.3 Å². The van der Waals surface area contributed by atoms with E-state index < -0.39 is 28.0 Å². The van der Waals surface area contributed by atoms with E-state index in [-0.39, 0.29) is 13.2 Å². The Kier molecular flexibility index (Phi) is 5.51. The summed E-state index contributed by atoms with van der Waals surface area (Å²) in [4.78, 5) is 11.9. The molecule has 0 radical (unpaired) electrons. The van der Waals surface area contributed by atoms with Crippen molar-refractivity contribution in [2.24, 2.45) is 0 Å². The van der Waals surface area contributed by atoms with Crippen molar-refractivity contribution in [3.05, 3.63) is 0 Å². The summed E-state index contributed by atoms with van der Waals surface area (Å²) in [6.07, 6.45) is 3.06. The second kappa shape index (κ2) is 6.46. The number of carbonyl (C=O) groups excluding carboxylic acids is 1. The highest BCUT2D eigenvalue weighted by molar-refractivity contribution is 7.88. The van der Waals surface area contributed by atoms with Crippen LogP contribution >= 0.6 is 0 Å². The fourth-order valence-corrected chi connectivity index (χ4v) is 3.13. The summed E-state index contributed by atoms with van der Waals surface area (Å²) in [5, 5.41) is 20.2. The predicted octanol–water partition coefficient (Wildman–Crippen LogP) is -1.73. The molecule has 106 valence electrons. The number of aliphatic hydroxyl groups excluding tert-OH is 2. The quantitative estimate of drug-likeness (QED) is 0.555. The molecule has 1 fully saturated rings. The first-order chi connectivity index (χ1) is 8.40. The molecule has 0 aliphatic carbocycles. The zero-order valence-electron chi connectivity index (χ0n) is 10.4. The lowest BCUT2D eigenvalue weighted by atomic mass is 10.0. The van der Waals surface area contributed by atoms with Crippen LogP contribution in [0.15, 0.2) is 0 Å². The van der Waals surface area contributed by atoms with E-state index in [1.807, 2.05) is 0 Å². The molecule has 0 spiro atoms. The number of nitrogens with zero attached hydrogens (tertiary/aromatic N) is 1. The number of amides is 1. The van der Waals surface area contributed by atoms with Gasteiger partial charge in [0.15, 0.2) is 0 Å². The minimum absolute atomic E-state index is 0.333. The third-order valence-electron chi connectivity index (χ3n) is 2.97. The zero-order chi connectivity index (χ0) is 13.8. The van der Waals surface area contributed by atoms with Gasteiger partial charge < -0.3 is 15.5 Å². The van der Waals surface area contributed by atoms with Crippen molar-refractivity contribution in [3.8, 4) is 0 Å². The number of aliphatic hydroxyl groups is 2. The molecule has 1 aliphatic rings. The zero-order valence-corrected chi connectivity index (χ0v) is 11.2. The van der Waals surface area contributed by atoms with Gasteiger partial charge in [-0.25, -0.2) is 8.42 Å². The van der Waals surface area contributed by atoms with E-state index in [2.05, 4.69) is 5.32 Å². The molecule has 0 aromatic heterocycles. The fourth-order valence-electron chi connectivity index (χ4n) is 2.01. The number of piperidine rings is 1. The Morgan fingerprint density at radius 3 is 2.50 bits per heavy atom. The van der Waals surface area contributed by atoms with Gasteiger partial charge >= 0.3 is 0 Å². The van der Waals surface area contributed by atoms with Gasteiger partial charge in [0.1, 0.15) is 6.04 Å². The second-order valence-corrected chi connectivity index (χ2v) is 6.39. The van der Waals surface area contributed by atoms with E-state index in [9.17, 15) is 13.2 Å². The molecule has 1 amide bonds. The normalized spacial score (nSPS) is 22.1. The molecule has 1 aliphatic heterocycles. The molecule has 0 saturated carbocycles. The summed E-state index contributed by atoms with van der Waals surface area (Å²) >= 11 is 0. The first-order valence-corrected chi connectivity index (χ1v) is 7.74. The van der Waals surface area contributed by atoms with Crippen molar-refractivity contribution in [3.63, 3.8) is 0 Å². The largest absolute Gasteiger partial charge is 0.394 e. The van der Waals surface area contributed by atoms with Gasteiger partial charge in [0.05, 0.1) is 25.5 Å². The Morgan fingerprint density at radius 2 is 2.00 bits per heavy atom. The number of rotatable bonds is 5. The highest BCUT2D eigenvalue weighted by atomic mass is 32.2. The van der Waals surface area contributed by atoms with Crippen molar-refractivity contribution < 1.29 is 23.4 Å². The Bertz CT molecular complexity index is 380. The first kappa shape index (κ1) is 15.4. The summed E-state index contributed by atoms with van der Waals surface area (Å²) in [6.45, 7) is -0.429. The van der Waals surface area contributed by atoms with E-state index in [0.717, 1.165) is 19.1 Å². The predicted molar refractivity (Wildman–Crippen MR) is 65.3 cm³/mol. The third kappa shape index (κ3) is 3.91. The molecule has 1 rings (SSSR count). The molecule has 8 heteroatoms. The topological polar surface area (TPSA) is 107 Å². The van der Waals surface area contributed by atoms with Gasteiger partial charge in [0.25, 0.3) is 0 Å². The van der Waals surface area contributed by atoms with Crippen molar-refractivity contribution in [1.29, 1.82) is 0 Å². The van der Waals surface area contributed by atoms with E-state index >= 15 is 0 Å². The molecule has 3 N–H and O–H groups in total. The van der Waals surface area contributed by atoms with Crippen LogP contribution in [0.5, 0.6) is 0 Å².